The molecule has 0 atom stereocenters. The number of para-hydroxylation sites is 1. The molecule has 31 heavy (non-hydrogen) atoms. The number of ketones is 1. The number of carbonyl (C=O) groups excluding carboxylic acids is 2. The van der Waals surface area contributed by atoms with Crippen molar-refractivity contribution in [3.63, 3.8) is 0 Å². The summed E-state index contributed by atoms with van der Waals surface area (Å²) in [6.07, 6.45) is 3.72. The van der Waals surface area contributed by atoms with Gasteiger partial charge < -0.3 is 14.0 Å². The fourth-order valence-electron chi connectivity index (χ4n) is 3.82. The molecule has 0 spiro atoms. The van der Waals surface area contributed by atoms with Crippen molar-refractivity contribution < 1.29 is 19.1 Å². The van der Waals surface area contributed by atoms with E-state index in [1.165, 1.54) is 0 Å². The number of carbonyl (C=O) groups is 2. The molecule has 5 rings (SSSR count). The molecule has 0 saturated carbocycles. The van der Waals surface area contributed by atoms with Gasteiger partial charge in [0.15, 0.2) is 5.76 Å². The van der Waals surface area contributed by atoms with Crippen LogP contribution in [-0.2, 0) is 7.05 Å². The summed E-state index contributed by atoms with van der Waals surface area (Å²) < 4.78 is 13.4. The second-order valence-electron chi connectivity index (χ2n) is 7.51. The second-order valence-corrected chi connectivity index (χ2v) is 7.51. The quantitative estimate of drug-likeness (QED) is 0.261. The smallest absolute Gasteiger partial charge is 0.343 e. The van der Waals surface area contributed by atoms with Crippen LogP contribution in [0.1, 0.15) is 31.8 Å². The first-order valence-electron chi connectivity index (χ1n) is 9.91. The molecule has 0 amide bonds. The Bertz CT molecular complexity index is 1390. The molecule has 0 unspecified atom stereocenters. The van der Waals surface area contributed by atoms with E-state index in [4.69, 9.17) is 9.47 Å². The Morgan fingerprint density at radius 1 is 1.03 bits per heavy atom. The Morgan fingerprint density at radius 2 is 1.81 bits per heavy atom. The number of hydrogen-bond donors (Lipinski definition) is 0. The standard InChI is InChI=1S/C26H19NO4/c1-16-7-3-4-8-19(16)26(29)30-18-11-12-21-23(14-18)31-24(25(21)28)13-17-15-27(2)22-10-6-5-9-20(17)22/h3-15H,1-2H3/b24-13+. The molecule has 1 aliphatic heterocycles. The zero-order chi connectivity index (χ0) is 21.5. The number of esters is 1. The number of ether oxygens (including phenoxy) is 2. The topological polar surface area (TPSA) is 57.5 Å². The first kappa shape index (κ1) is 18.9. The van der Waals surface area contributed by atoms with Gasteiger partial charge in [0, 0.05) is 35.8 Å². The average Bonchev–Trinajstić information content (AvgIpc) is 3.25. The van der Waals surface area contributed by atoms with Gasteiger partial charge in [0.25, 0.3) is 0 Å². The van der Waals surface area contributed by atoms with Gasteiger partial charge in [-0.2, -0.15) is 0 Å². The number of rotatable bonds is 3. The molecule has 3 aromatic carbocycles. The molecule has 1 aliphatic rings. The van der Waals surface area contributed by atoms with Crippen molar-refractivity contribution in [3.8, 4) is 11.5 Å². The third kappa shape index (κ3) is 3.30. The normalized spacial score (nSPS) is 14.0. The number of aromatic nitrogens is 1. The molecule has 5 heteroatoms. The van der Waals surface area contributed by atoms with Crippen LogP contribution in [0.5, 0.6) is 11.5 Å². The zero-order valence-electron chi connectivity index (χ0n) is 17.1. The van der Waals surface area contributed by atoms with Gasteiger partial charge in [-0.15, -0.1) is 0 Å². The number of hydrogen-bond acceptors (Lipinski definition) is 4. The van der Waals surface area contributed by atoms with Crippen LogP contribution >= 0.6 is 0 Å². The molecule has 4 aromatic rings. The van der Waals surface area contributed by atoms with Crippen LogP contribution in [0.2, 0.25) is 0 Å². The van der Waals surface area contributed by atoms with E-state index in [0.29, 0.717) is 22.6 Å². The highest BCUT2D eigenvalue weighted by Crippen LogP contribution is 2.36. The lowest BCUT2D eigenvalue weighted by atomic mass is 10.1. The molecule has 5 nitrogen and oxygen atoms in total. The maximum absolute atomic E-state index is 12.8. The number of fused-ring (bicyclic) bond motifs is 2. The van der Waals surface area contributed by atoms with Crippen LogP contribution in [-0.4, -0.2) is 16.3 Å². The summed E-state index contributed by atoms with van der Waals surface area (Å²) in [5, 5.41) is 1.04. The highest BCUT2D eigenvalue weighted by molar-refractivity contribution is 6.15. The first-order valence-corrected chi connectivity index (χ1v) is 9.91. The summed E-state index contributed by atoms with van der Waals surface area (Å²) in [7, 11) is 1.96. The summed E-state index contributed by atoms with van der Waals surface area (Å²) in [6, 6.07) is 20.0. The second kappa shape index (κ2) is 7.29. The largest absolute Gasteiger partial charge is 0.452 e. The Labute approximate surface area is 179 Å². The lowest BCUT2D eigenvalue weighted by molar-refractivity contribution is 0.0733. The van der Waals surface area contributed by atoms with Gasteiger partial charge in [-0.25, -0.2) is 4.79 Å². The molecule has 0 radical (unpaired) electrons. The van der Waals surface area contributed by atoms with Gasteiger partial charge in [-0.3, -0.25) is 4.79 Å². The van der Waals surface area contributed by atoms with Crippen LogP contribution in [0.25, 0.3) is 17.0 Å². The van der Waals surface area contributed by atoms with Crippen molar-refractivity contribution in [1.82, 2.24) is 4.57 Å². The minimum absolute atomic E-state index is 0.195. The average molecular weight is 409 g/mol. The minimum Gasteiger partial charge on any atom is -0.452 e. The van der Waals surface area contributed by atoms with E-state index in [2.05, 4.69) is 0 Å². The van der Waals surface area contributed by atoms with Crippen LogP contribution in [0.15, 0.2) is 78.7 Å². The predicted octanol–water partition coefficient (Wildman–Crippen LogP) is 5.32. The predicted molar refractivity (Wildman–Crippen MR) is 118 cm³/mol. The molecule has 0 bridgehead atoms. The molecule has 0 aliphatic carbocycles. The summed E-state index contributed by atoms with van der Waals surface area (Å²) >= 11 is 0. The van der Waals surface area contributed by atoms with Crippen LogP contribution in [0.3, 0.4) is 0 Å². The van der Waals surface area contributed by atoms with Crippen LogP contribution in [0.4, 0.5) is 0 Å². The van der Waals surface area contributed by atoms with Crippen LogP contribution < -0.4 is 9.47 Å². The van der Waals surface area contributed by atoms with E-state index in [9.17, 15) is 9.59 Å². The number of nitrogens with zero attached hydrogens (tertiary/aromatic N) is 1. The number of Topliss-reactive ketones (excluding diaryl/α,β-unsaturated/α-hetero) is 1. The number of aryl methyl sites for hydroxylation is 2. The molecule has 0 saturated heterocycles. The Kier molecular flexibility index (Phi) is 4.44. The van der Waals surface area contributed by atoms with Gasteiger partial charge in [-0.05, 0) is 42.8 Å². The summed E-state index contributed by atoms with van der Waals surface area (Å²) in [5.74, 6) is 0.306. The summed E-state index contributed by atoms with van der Waals surface area (Å²) in [6.45, 7) is 1.85. The van der Waals surface area contributed by atoms with Crippen molar-refractivity contribution in [2.75, 3.05) is 0 Å². The highest BCUT2D eigenvalue weighted by atomic mass is 16.5. The molecule has 0 fully saturated rings. The Hall–Kier alpha value is -4.12. The van der Waals surface area contributed by atoms with E-state index in [0.717, 1.165) is 22.0 Å². The maximum Gasteiger partial charge on any atom is 0.343 e. The van der Waals surface area contributed by atoms with Crippen molar-refractivity contribution >= 4 is 28.7 Å². The monoisotopic (exact) mass is 409 g/mol. The van der Waals surface area contributed by atoms with E-state index < -0.39 is 5.97 Å². The SMILES string of the molecule is Cc1ccccc1C(=O)Oc1ccc2c(c1)O/C(=C/c1cn(C)c3ccccc13)C2=O. The first-order chi connectivity index (χ1) is 15.0. The van der Waals surface area contributed by atoms with Crippen molar-refractivity contribution in [2.24, 2.45) is 7.05 Å². The van der Waals surface area contributed by atoms with Gasteiger partial charge >= 0.3 is 5.97 Å². The molecule has 1 aromatic heterocycles. The van der Waals surface area contributed by atoms with Gasteiger partial charge in [-0.1, -0.05) is 36.4 Å². The highest BCUT2D eigenvalue weighted by Gasteiger charge is 2.28. The van der Waals surface area contributed by atoms with Crippen molar-refractivity contribution in [3.05, 3.63) is 101 Å². The van der Waals surface area contributed by atoms with Gasteiger partial charge in [0.05, 0.1) is 11.1 Å². The number of benzene rings is 3. The summed E-state index contributed by atoms with van der Waals surface area (Å²) in [5.41, 5.74) is 3.75. The van der Waals surface area contributed by atoms with Crippen LogP contribution in [0, 0.1) is 6.92 Å². The lowest BCUT2D eigenvalue weighted by Crippen LogP contribution is -2.10. The molecular formula is C26H19NO4. The van der Waals surface area contributed by atoms with E-state index in [1.54, 1.807) is 36.4 Å². The van der Waals surface area contributed by atoms with E-state index >= 15 is 0 Å². The molecule has 2 heterocycles. The van der Waals surface area contributed by atoms with Crippen molar-refractivity contribution in [1.29, 1.82) is 0 Å². The van der Waals surface area contributed by atoms with E-state index in [-0.39, 0.29) is 11.5 Å². The molecular weight excluding hydrogens is 390 g/mol. The Balaban J connectivity index is 1.43. The lowest BCUT2D eigenvalue weighted by Gasteiger charge is -2.07. The third-order valence-corrected chi connectivity index (χ3v) is 5.43. The minimum atomic E-state index is -0.450. The van der Waals surface area contributed by atoms with Gasteiger partial charge in [0.2, 0.25) is 5.78 Å². The third-order valence-electron chi connectivity index (χ3n) is 5.43. The Morgan fingerprint density at radius 3 is 2.65 bits per heavy atom. The molecule has 0 N–H and O–H groups in total. The maximum atomic E-state index is 12.8. The fourth-order valence-corrected chi connectivity index (χ4v) is 3.82. The molecule has 152 valence electrons. The number of allylic oxidation sites excluding steroid dienone is 1. The van der Waals surface area contributed by atoms with Gasteiger partial charge in [0.1, 0.15) is 11.5 Å². The van der Waals surface area contributed by atoms with Crippen molar-refractivity contribution in [2.45, 2.75) is 6.92 Å². The fraction of sp³-hybridized carbons (Fsp3) is 0.0769. The van der Waals surface area contributed by atoms with E-state index in [1.807, 2.05) is 61.1 Å². The summed E-state index contributed by atoms with van der Waals surface area (Å²) in [4.78, 5) is 25.3. The zero-order valence-corrected chi connectivity index (χ0v) is 17.1.